The number of benzene rings is 1. The van der Waals surface area contributed by atoms with E-state index in [1.807, 2.05) is 0 Å². The number of anilines is 1. The van der Waals surface area contributed by atoms with Crippen LogP contribution in [0.5, 0.6) is 0 Å². The summed E-state index contributed by atoms with van der Waals surface area (Å²) in [6.07, 6.45) is 0.199. The molecule has 0 atom stereocenters. The molecule has 2 rings (SSSR count). The maximum Gasteiger partial charge on any atom is 0.321 e. The van der Waals surface area contributed by atoms with Gasteiger partial charge in [-0.1, -0.05) is 5.16 Å². The molecule has 2 aromatic rings. The van der Waals surface area contributed by atoms with Crippen LogP contribution in [0.25, 0.3) is 0 Å². The minimum atomic E-state index is -0.628. The third kappa shape index (κ3) is 3.99. The van der Waals surface area contributed by atoms with Gasteiger partial charge in [0.2, 0.25) is 0 Å². The lowest BCUT2D eigenvalue weighted by Crippen LogP contribution is -2.07. The molecule has 0 aliphatic heterocycles. The zero-order valence-electron chi connectivity index (χ0n) is 10.3. The van der Waals surface area contributed by atoms with Crippen LogP contribution in [-0.2, 0) is 11.2 Å². The van der Waals surface area contributed by atoms with E-state index >= 15 is 0 Å². The minimum absolute atomic E-state index is 0.199. The Hall–Kier alpha value is -2.02. The number of methoxy groups -OCH3 is 1. The molecule has 0 bridgehead atoms. The summed E-state index contributed by atoms with van der Waals surface area (Å²) < 4.78 is 35.8. The summed E-state index contributed by atoms with van der Waals surface area (Å²) in [5, 5.41) is 6.58. The summed E-state index contributed by atoms with van der Waals surface area (Å²) >= 11 is 0. The standard InChI is InChI=1S/C12H13F2N3O2/c1-18-3-2-15-12-16-11(17-19-12)6-8-4-9(13)7-10(14)5-8/h4-5,7H,2-3,6H2,1H3,(H,15,16,17). The summed E-state index contributed by atoms with van der Waals surface area (Å²) in [4.78, 5) is 4.05. The average molecular weight is 269 g/mol. The molecule has 102 valence electrons. The fraction of sp³-hybridized carbons (Fsp3) is 0.333. The molecule has 7 heteroatoms. The largest absolute Gasteiger partial charge is 0.383 e. The van der Waals surface area contributed by atoms with Gasteiger partial charge in [-0.2, -0.15) is 4.98 Å². The van der Waals surface area contributed by atoms with Crippen LogP contribution in [0.4, 0.5) is 14.8 Å². The van der Waals surface area contributed by atoms with Crippen LogP contribution in [-0.4, -0.2) is 30.4 Å². The van der Waals surface area contributed by atoms with Crippen molar-refractivity contribution in [2.24, 2.45) is 0 Å². The van der Waals surface area contributed by atoms with Crippen molar-refractivity contribution in [3.8, 4) is 0 Å². The predicted molar refractivity (Wildman–Crippen MR) is 63.8 cm³/mol. The van der Waals surface area contributed by atoms with Crippen LogP contribution in [0.15, 0.2) is 22.7 Å². The van der Waals surface area contributed by atoms with E-state index in [1.54, 1.807) is 7.11 Å². The Kier molecular flexibility index (Phi) is 4.40. The molecule has 0 aliphatic carbocycles. The number of ether oxygens (including phenoxy) is 1. The number of hydrogen-bond donors (Lipinski definition) is 1. The molecule has 1 N–H and O–H groups in total. The van der Waals surface area contributed by atoms with Gasteiger partial charge in [0, 0.05) is 26.1 Å². The lowest BCUT2D eigenvalue weighted by molar-refractivity contribution is 0.210. The number of aromatic nitrogens is 2. The van der Waals surface area contributed by atoms with Gasteiger partial charge >= 0.3 is 6.01 Å². The van der Waals surface area contributed by atoms with Gasteiger partial charge in [0.25, 0.3) is 0 Å². The van der Waals surface area contributed by atoms with Crippen LogP contribution in [0.1, 0.15) is 11.4 Å². The third-order valence-electron chi connectivity index (χ3n) is 2.34. The lowest BCUT2D eigenvalue weighted by atomic mass is 10.1. The molecule has 5 nitrogen and oxygen atoms in total. The Balaban J connectivity index is 1.99. The number of nitrogens with one attached hydrogen (secondary N) is 1. The van der Waals surface area contributed by atoms with Gasteiger partial charge in [-0.25, -0.2) is 8.78 Å². The highest BCUT2D eigenvalue weighted by molar-refractivity contribution is 5.24. The molecule has 19 heavy (non-hydrogen) atoms. The van der Waals surface area contributed by atoms with Crippen molar-refractivity contribution in [2.45, 2.75) is 6.42 Å². The fourth-order valence-electron chi connectivity index (χ4n) is 1.55. The zero-order chi connectivity index (χ0) is 13.7. The average Bonchev–Trinajstić information content (AvgIpc) is 2.76. The Morgan fingerprint density at radius 2 is 2.00 bits per heavy atom. The van der Waals surface area contributed by atoms with Gasteiger partial charge < -0.3 is 14.6 Å². The molecule has 0 aliphatic rings. The normalized spacial score (nSPS) is 10.7. The van der Waals surface area contributed by atoms with Crippen molar-refractivity contribution < 1.29 is 18.0 Å². The Labute approximate surface area is 108 Å². The van der Waals surface area contributed by atoms with E-state index in [4.69, 9.17) is 9.26 Å². The van der Waals surface area contributed by atoms with E-state index in [0.717, 1.165) is 6.07 Å². The van der Waals surface area contributed by atoms with E-state index in [1.165, 1.54) is 12.1 Å². The first kappa shape index (κ1) is 13.4. The summed E-state index contributed by atoms with van der Waals surface area (Å²) in [6.45, 7) is 1.04. The summed E-state index contributed by atoms with van der Waals surface area (Å²) in [6, 6.07) is 3.54. The highest BCUT2D eigenvalue weighted by atomic mass is 19.1. The van der Waals surface area contributed by atoms with Gasteiger partial charge in [-0.05, 0) is 17.7 Å². The summed E-state index contributed by atoms with van der Waals surface area (Å²) in [5.41, 5.74) is 0.446. The highest BCUT2D eigenvalue weighted by Gasteiger charge is 2.08. The second-order valence-corrected chi connectivity index (χ2v) is 3.89. The molecule has 0 fully saturated rings. The van der Waals surface area contributed by atoms with Crippen molar-refractivity contribution in [1.29, 1.82) is 0 Å². The Morgan fingerprint density at radius 1 is 1.26 bits per heavy atom. The minimum Gasteiger partial charge on any atom is -0.383 e. The SMILES string of the molecule is COCCNc1nc(Cc2cc(F)cc(F)c2)no1. The number of nitrogens with zero attached hydrogens (tertiary/aromatic N) is 2. The van der Waals surface area contributed by atoms with Crippen molar-refractivity contribution in [2.75, 3.05) is 25.6 Å². The molecular weight excluding hydrogens is 256 g/mol. The van der Waals surface area contributed by atoms with Gasteiger partial charge in [0.1, 0.15) is 11.6 Å². The number of halogens is 2. The quantitative estimate of drug-likeness (QED) is 0.813. The Morgan fingerprint density at radius 3 is 2.68 bits per heavy atom. The maximum absolute atomic E-state index is 13.0. The van der Waals surface area contributed by atoms with Crippen LogP contribution < -0.4 is 5.32 Å². The van der Waals surface area contributed by atoms with Crippen LogP contribution in [0, 0.1) is 11.6 Å². The molecule has 0 unspecified atom stereocenters. The van der Waals surface area contributed by atoms with E-state index in [9.17, 15) is 8.78 Å². The van der Waals surface area contributed by atoms with Gasteiger partial charge in [0.05, 0.1) is 6.61 Å². The first-order valence-corrected chi connectivity index (χ1v) is 5.68. The zero-order valence-corrected chi connectivity index (χ0v) is 10.3. The van der Waals surface area contributed by atoms with E-state index < -0.39 is 11.6 Å². The second-order valence-electron chi connectivity index (χ2n) is 3.89. The van der Waals surface area contributed by atoms with Crippen molar-refractivity contribution >= 4 is 6.01 Å². The van der Waals surface area contributed by atoms with Crippen LogP contribution in [0.3, 0.4) is 0 Å². The molecule has 0 spiro atoms. The van der Waals surface area contributed by atoms with Crippen LogP contribution in [0.2, 0.25) is 0 Å². The molecule has 0 saturated carbocycles. The molecule has 1 aromatic carbocycles. The number of rotatable bonds is 6. The van der Waals surface area contributed by atoms with E-state index in [-0.39, 0.29) is 12.4 Å². The van der Waals surface area contributed by atoms with Crippen molar-refractivity contribution in [3.63, 3.8) is 0 Å². The van der Waals surface area contributed by atoms with Crippen molar-refractivity contribution in [3.05, 3.63) is 41.2 Å². The first-order chi connectivity index (χ1) is 9.17. The molecule has 0 amide bonds. The van der Waals surface area contributed by atoms with E-state index in [0.29, 0.717) is 24.5 Å². The monoisotopic (exact) mass is 269 g/mol. The van der Waals surface area contributed by atoms with Crippen LogP contribution >= 0.6 is 0 Å². The maximum atomic E-state index is 13.0. The summed E-state index contributed by atoms with van der Waals surface area (Å²) in [5.74, 6) is -0.904. The summed E-state index contributed by atoms with van der Waals surface area (Å²) in [7, 11) is 1.58. The van der Waals surface area contributed by atoms with Gasteiger partial charge in [-0.3, -0.25) is 0 Å². The molecule has 1 heterocycles. The smallest absolute Gasteiger partial charge is 0.321 e. The van der Waals surface area contributed by atoms with Gasteiger partial charge in [-0.15, -0.1) is 0 Å². The fourth-order valence-corrected chi connectivity index (χ4v) is 1.55. The molecule has 1 aromatic heterocycles. The van der Waals surface area contributed by atoms with E-state index in [2.05, 4.69) is 15.5 Å². The Bertz CT molecular complexity index is 525. The second kappa shape index (κ2) is 6.24. The predicted octanol–water partition coefficient (Wildman–Crippen LogP) is 2.00. The molecule has 0 saturated heterocycles. The third-order valence-corrected chi connectivity index (χ3v) is 2.34. The highest BCUT2D eigenvalue weighted by Crippen LogP contribution is 2.12. The molecular formula is C12H13F2N3O2. The first-order valence-electron chi connectivity index (χ1n) is 5.68. The van der Waals surface area contributed by atoms with Gasteiger partial charge in [0.15, 0.2) is 5.82 Å². The lowest BCUT2D eigenvalue weighted by Gasteiger charge is -1.98. The molecule has 0 radical (unpaired) electrons. The number of hydrogen-bond acceptors (Lipinski definition) is 5. The topological polar surface area (TPSA) is 60.2 Å². The van der Waals surface area contributed by atoms with Crippen molar-refractivity contribution in [1.82, 2.24) is 10.1 Å².